The predicted molar refractivity (Wildman–Crippen MR) is 49.4 cm³/mol. The smallest absolute Gasteiger partial charge is 0.369 e. The summed E-state index contributed by atoms with van der Waals surface area (Å²) in [6, 6.07) is 0. The molecule has 0 atom stereocenters. The Hall–Kier alpha value is -1.50. The van der Waals surface area contributed by atoms with Gasteiger partial charge in [-0.05, 0) is 13.8 Å². The van der Waals surface area contributed by atoms with Crippen molar-refractivity contribution in [1.29, 1.82) is 0 Å². The third-order valence-electron chi connectivity index (χ3n) is 1.60. The van der Waals surface area contributed by atoms with Crippen molar-refractivity contribution >= 4 is 22.3 Å². The lowest BCUT2D eigenvalue weighted by Gasteiger charge is -1.94. The predicted octanol–water partition coefficient (Wildman–Crippen LogP) is 0.671. The number of rotatable bonds is 2. The highest BCUT2D eigenvalue weighted by atomic mass is 32.1. The van der Waals surface area contributed by atoms with E-state index in [0.717, 1.165) is 0 Å². The van der Waals surface area contributed by atoms with E-state index in [0.29, 0.717) is 22.4 Å². The standard InChI is InChI=1S/C7H8N4O2S/c1-3-13-6(12)5-10-11-4(2)8-9-7(11)14-5/h3H2,1-2H3. The van der Waals surface area contributed by atoms with Crippen LogP contribution in [0.4, 0.5) is 0 Å². The fourth-order valence-corrected chi connectivity index (χ4v) is 1.77. The van der Waals surface area contributed by atoms with E-state index < -0.39 is 5.97 Å². The second-order valence-electron chi connectivity index (χ2n) is 2.57. The molecule has 0 saturated carbocycles. The summed E-state index contributed by atoms with van der Waals surface area (Å²) >= 11 is 1.17. The van der Waals surface area contributed by atoms with Crippen molar-refractivity contribution in [2.24, 2.45) is 0 Å². The van der Waals surface area contributed by atoms with Gasteiger partial charge in [0, 0.05) is 0 Å². The fraction of sp³-hybridized carbons (Fsp3) is 0.429. The van der Waals surface area contributed by atoms with Crippen LogP contribution >= 0.6 is 11.3 Å². The second kappa shape index (κ2) is 3.33. The molecule has 0 radical (unpaired) electrons. The van der Waals surface area contributed by atoms with Crippen LogP contribution in [-0.2, 0) is 4.74 Å². The minimum Gasteiger partial charge on any atom is -0.461 e. The number of nitrogens with zero attached hydrogens (tertiary/aromatic N) is 4. The molecule has 0 unspecified atom stereocenters. The Kier molecular flexibility index (Phi) is 2.16. The normalized spacial score (nSPS) is 10.7. The summed E-state index contributed by atoms with van der Waals surface area (Å²) in [5.74, 6) is 0.245. The van der Waals surface area contributed by atoms with Gasteiger partial charge in [-0.1, -0.05) is 11.3 Å². The molecular formula is C7H8N4O2S. The fourth-order valence-electron chi connectivity index (χ4n) is 0.990. The Morgan fingerprint density at radius 2 is 2.36 bits per heavy atom. The third-order valence-corrected chi connectivity index (χ3v) is 2.48. The molecule has 0 aromatic carbocycles. The quantitative estimate of drug-likeness (QED) is 0.684. The summed E-state index contributed by atoms with van der Waals surface area (Å²) in [6.45, 7) is 3.87. The first-order valence-electron chi connectivity index (χ1n) is 4.08. The van der Waals surface area contributed by atoms with Crippen molar-refractivity contribution < 1.29 is 9.53 Å². The van der Waals surface area contributed by atoms with E-state index in [1.807, 2.05) is 0 Å². The maximum Gasteiger partial charge on any atom is 0.369 e. The van der Waals surface area contributed by atoms with Crippen LogP contribution in [0, 0.1) is 6.92 Å². The van der Waals surface area contributed by atoms with Gasteiger partial charge in [-0.15, -0.1) is 15.3 Å². The van der Waals surface area contributed by atoms with Gasteiger partial charge in [0.15, 0.2) is 5.82 Å². The van der Waals surface area contributed by atoms with Gasteiger partial charge in [0.25, 0.3) is 0 Å². The zero-order valence-electron chi connectivity index (χ0n) is 7.72. The van der Waals surface area contributed by atoms with Crippen LogP contribution in [0.25, 0.3) is 4.96 Å². The van der Waals surface area contributed by atoms with Gasteiger partial charge in [-0.3, -0.25) is 0 Å². The molecule has 0 aliphatic heterocycles. The molecular weight excluding hydrogens is 204 g/mol. The van der Waals surface area contributed by atoms with Gasteiger partial charge in [0.2, 0.25) is 9.97 Å². The summed E-state index contributed by atoms with van der Waals surface area (Å²) in [7, 11) is 0. The lowest BCUT2D eigenvalue weighted by atomic mass is 10.7. The summed E-state index contributed by atoms with van der Waals surface area (Å²) in [4.78, 5) is 11.9. The third kappa shape index (κ3) is 1.35. The van der Waals surface area contributed by atoms with Crippen molar-refractivity contribution in [3.05, 3.63) is 10.8 Å². The van der Waals surface area contributed by atoms with Crippen LogP contribution in [0.1, 0.15) is 22.6 Å². The molecule has 0 amide bonds. The Labute approximate surface area is 83.5 Å². The van der Waals surface area contributed by atoms with E-state index in [4.69, 9.17) is 4.74 Å². The number of esters is 1. The summed E-state index contributed by atoms with van der Waals surface area (Å²) in [5.41, 5.74) is 0. The van der Waals surface area contributed by atoms with Gasteiger partial charge < -0.3 is 4.74 Å². The van der Waals surface area contributed by atoms with Gasteiger partial charge >= 0.3 is 5.97 Å². The second-order valence-corrected chi connectivity index (χ2v) is 3.53. The Balaban J connectivity index is 2.40. The van der Waals surface area contributed by atoms with Gasteiger partial charge in [-0.25, -0.2) is 4.79 Å². The lowest BCUT2D eigenvalue weighted by Crippen LogP contribution is -2.05. The first-order chi connectivity index (χ1) is 6.72. The number of ether oxygens (including phenoxy) is 1. The molecule has 2 aromatic heterocycles. The average Bonchev–Trinajstić information content (AvgIpc) is 2.69. The molecule has 74 valence electrons. The molecule has 0 bridgehead atoms. The Bertz CT molecular complexity index is 475. The van der Waals surface area contributed by atoms with Crippen LogP contribution in [-0.4, -0.2) is 32.4 Å². The Morgan fingerprint density at radius 1 is 1.57 bits per heavy atom. The van der Waals surface area contributed by atoms with Crippen LogP contribution in [0.5, 0.6) is 0 Å². The van der Waals surface area contributed by atoms with E-state index in [1.165, 1.54) is 15.9 Å². The van der Waals surface area contributed by atoms with E-state index in [-0.39, 0.29) is 0 Å². The number of carbonyl (C=O) groups excluding carboxylic acids is 1. The van der Waals surface area contributed by atoms with Crippen molar-refractivity contribution in [3.63, 3.8) is 0 Å². The topological polar surface area (TPSA) is 69.4 Å². The molecule has 0 N–H and O–H groups in total. The zero-order valence-corrected chi connectivity index (χ0v) is 8.54. The molecule has 6 nitrogen and oxygen atoms in total. The monoisotopic (exact) mass is 212 g/mol. The summed E-state index contributed by atoms with van der Waals surface area (Å²) < 4.78 is 6.34. The highest BCUT2D eigenvalue weighted by molar-refractivity contribution is 7.18. The molecule has 2 rings (SSSR count). The first kappa shape index (κ1) is 9.07. The van der Waals surface area contributed by atoms with Crippen LogP contribution in [0.2, 0.25) is 0 Å². The van der Waals surface area contributed by atoms with E-state index >= 15 is 0 Å². The maximum absolute atomic E-state index is 11.3. The number of aryl methyl sites for hydroxylation is 1. The number of fused-ring (bicyclic) bond motifs is 1. The molecule has 7 heteroatoms. The SMILES string of the molecule is CCOC(=O)c1nn2c(C)nnc2s1. The molecule has 2 aromatic rings. The van der Waals surface area contributed by atoms with Crippen LogP contribution in [0.3, 0.4) is 0 Å². The number of hydrogen-bond acceptors (Lipinski definition) is 6. The van der Waals surface area contributed by atoms with Gasteiger partial charge in [0.1, 0.15) is 0 Å². The largest absolute Gasteiger partial charge is 0.461 e. The van der Waals surface area contributed by atoms with Crippen molar-refractivity contribution in [2.45, 2.75) is 13.8 Å². The highest BCUT2D eigenvalue weighted by Crippen LogP contribution is 2.14. The molecule has 0 spiro atoms. The summed E-state index contributed by atoms with van der Waals surface area (Å²) in [6.07, 6.45) is 0. The molecule has 0 fully saturated rings. The highest BCUT2D eigenvalue weighted by Gasteiger charge is 2.15. The minimum atomic E-state index is -0.414. The van der Waals surface area contributed by atoms with E-state index in [2.05, 4.69) is 15.3 Å². The lowest BCUT2D eigenvalue weighted by molar-refractivity contribution is 0.0524. The molecule has 2 heterocycles. The zero-order chi connectivity index (χ0) is 10.1. The van der Waals surface area contributed by atoms with E-state index in [1.54, 1.807) is 13.8 Å². The molecule has 0 saturated heterocycles. The number of aromatic nitrogens is 4. The van der Waals surface area contributed by atoms with Crippen molar-refractivity contribution in [1.82, 2.24) is 19.8 Å². The van der Waals surface area contributed by atoms with Crippen molar-refractivity contribution in [2.75, 3.05) is 6.61 Å². The van der Waals surface area contributed by atoms with E-state index in [9.17, 15) is 4.79 Å². The van der Waals surface area contributed by atoms with Crippen LogP contribution in [0.15, 0.2) is 0 Å². The molecule has 14 heavy (non-hydrogen) atoms. The molecule has 0 aliphatic rings. The van der Waals surface area contributed by atoms with Crippen LogP contribution < -0.4 is 0 Å². The summed E-state index contributed by atoms with van der Waals surface area (Å²) in [5, 5.41) is 12.0. The molecule has 0 aliphatic carbocycles. The minimum absolute atomic E-state index is 0.305. The number of hydrogen-bond donors (Lipinski definition) is 0. The number of carbonyl (C=O) groups is 1. The first-order valence-corrected chi connectivity index (χ1v) is 4.90. The van der Waals surface area contributed by atoms with Gasteiger partial charge in [-0.2, -0.15) is 4.52 Å². The Morgan fingerprint density at radius 3 is 3.00 bits per heavy atom. The average molecular weight is 212 g/mol. The maximum atomic E-state index is 11.3. The van der Waals surface area contributed by atoms with Gasteiger partial charge in [0.05, 0.1) is 6.61 Å². The van der Waals surface area contributed by atoms with Crippen molar-refractivity contribution in [3.8, 4) is 0 Å².